The molecule has 1 aromatic rings. The molecule has 3 atom stereocenters. The number of rotatable bonds is 3. The van der Waals surface area contributed by atoms with Crippen LogP contribution in [0.2, 0.25) is 0 Å². The molecule has 0 aliphatic carbocycles. The standard InChI is InChI=1S/C16H25N3/c1-3-14-11-18-10-6-7-15(18)12-19(14)13(2)16-8-4-5-9-17-16/h4-5,8-9,13-15H,3,6-7,10-12H2,1-2H3. The van der Waals surface area contributed by atoms with Crippen LogP contribution in [0, 0.1) is 0 Å². The maximum atomic E-state index is 4.55. The van der Waals surface area contributed by atoms with Crippen molar-refractivity contribution < 1.29 is 0 Å². The molecule has 104 valence electrons. The Balaban J connectivity index is 1.78. The minimum absolute atomic E-state index is 0.439. The van der Waals surface area contributed by atoms with Crippen LogP contribution in [-0.2, 0) is 0 Å². The van der Waals surface area contributed by atoms with E-state index in [2.05, 4.69) is 40.8 Å². The van der Waals surface area contributed by atoms with E-state index in [0.29, 0.717) is 12.1 Å². The molecule has 3 heterocycles. The zero-order chi connectivity index (χ0) is 13.2. The first-order valence-electron chi connectivity index (χ1n) is 7.70. The molecule has 3 rings (SSSR count). The normalized spacial score (nSPS) is 30.2. The fourth-order valence-electron chi connectivity index (χ4n) is 3.74. The highest BCUT2D eigenvalue weighted by molar-refractivity contribution is 5.09. The van der Waals surface area contributed by atoms with Crippen LogP contribution in [0.15, 0.2) is 24.4 Å². The molecule has 3 nitrogen and oxygen atoms in total. The third kappa shape index (κ3) is 2.54. The van der Waals surface area contributed by atoms with E-state index < -0.39 is 0 Å². The Morgan fingerprint density at radius 3 is 3.00 bits per heavy atom. The molecule has 2 aliphatic rings. The number of pyridine rings is 1. The molecule has 0 bridgehead atoms. The molecule has 2 saturated heterocycles. The zero-order valence-corrected chi connectivity index (χ0v) is 12.1. The number of hydrogen-bond acceptors (Lipinski definition) is 3. The summed E-state index contributed by atoms with van der Waals surface area (Å²) in [6.07, 6.45) is 5.91. The molecular formula is C16H25N3. The number of nitrogens with zero attached hydrogens (tertiary/aromatic N) is 3. The van der Waals surface area contributed by atoms with E-state index in [9.17, 15) is 0 Å². The Kier molecular flexibility index (Phi) is 3.85. The SMILES string of the molecule is CCC1CN2CCCC2CN1C(C)c1ccccn1. The van der Waals surface area contributed by atoms with Gasteiger partial charge in [-0.25, -0.2) is 0 Å². The highest BCUT2D eigenvalue weighted by Gasteiger charge is 2.37. The molecule has 0 aromatic carbocycles. The van der Waals surface area contributed by atoms with Crippen LogP contribution in [-0.4, -0.2) is 46.5 Å². The molecule has 3 unspecified atom stereocenters. The van der Waals surface area contributed by atoms with Gasteiger partial charge in [-0.05, 0) is 44.9 Å². The summed E-state index contributed by atoms with van der Waals surface area (Å²) >= 11 is 0. The highest BCUT2D eigenvalue weighted by atomic mass is 15.3. The average molecular weight is 259 g/mol. The van der Waals surface area contributed by atoms with Crippen LogP contribution < -0.4 is 0 Å². The Bertz CT molecular complexity index is 406. The van der Waals surface area contributed by atoms with Crippen molar-refractivity contribution in [1.82, 2.24) is 14.8 Å². The van der Waals surface area contributed by atoms with E-state index >= 15 is 0 Å². The molecule has 0 radical (unpaired) electrons. The van der Waals surface area contributed by atoms with Crippen molar-refractivity contribution in [3.63, 3.8) is 0 Å². The second kappa shape index (κ2) is 5.59. The first kappa shape index (κ1) is 13.1. The van der Waals surface area contributed by atoms with Crippen molar-refractivity contribution >= 4 is 0 Å². The second-order valence-electron chi connectivity index (χ2n) is 5.98. The number of hydrogen-bond donors (Lipinski definition) is 0. The van der Waals surface area contributed by atoms with Crippen LogP contribution in [0.1, 0.15) is 44.8 Å². The first-order chi connectivity index (χ1) is 9.29. The van der Waals surface area contributed by atoms with Crippen LogP contribution in [0.4, 0.5) is 0 Å². The predicted octanol–water partition coefficient (Wildman–Crippen LogP) is 2.70. The molecule has 19 heavy (non-hydrogen) atoms. The summed E-state index contributed by atoms with van der Waals surface area (Å²) in [7, 11) is 0. The first-order valence-corrected chi connectivity index (χ1v) is 7.70. The lowest BCUT2D eigenvalue weighted by molar-refractivity contribution is 0.0216. The molecular weight excluding hydrogens is 234 g/mol. The maximum Gasteiger partial charge on any atom is 0.0572 e. The van der Waals surface area contributed by atoms with E-state index in [1.165, 1.54) is 44.6 Å². The Hall–Kier alpha value is -0.930. The minimum atomic E-state index is 0.439. The fourth-order valence-corrected chi connectivity index (χ4v) is 3.74. The van der Waals surface area contributed by atoms with Gasteiger partial charge in [0.25, 0.3) is 0 Å². The Labute approximate surface area is 116 Å². The Morgan fingerprint density at radius 1 is 1.37 bits per heavy atom. The fraction of sp³-hybridized carbons (Fsp3) is 0.688. The van der Waals surface area contributed by atoms with Crippen molar-refractivity contribution in [2.75, 3.05) is 19.6 Å². The number of aromatic nitrogens is 1. The van der Waals surface area contributed by atoms with Gasteiger partial charge in [-0.1, -0.05) is 13.0 Å². The van der Waals surface area contributed by atoms with Crippen LogP contribution in [0.25, 0.3) is 0 Å². The van der Waals surface area contributed by atoms with Gasteiger partial charge < -0.3 is 0 Å². The van der Waals surface area contributed by atoms with Gasteiger partial charge in [-0.3, -0.25) is 14.8 Å². The van der Waals surface area contributed by atoms with E-state index in [0.717, 1.165) is 6.04 Å². The second-order valence-corrected chi connectivity index (χ2v) is 5.98. The van der Waals surface area contributed by atoms with E-state index in [1.807, 2.05) is 12.3 Å². The van der Waals surface area contributed by atoms with Gasteiger partial charge in [0.05, 0.1) is 5.69 Å². The van der Waals surface area contributed by atoms with E-state index in [-0.39, 0.29) is 0 Å². The predicted molar refractivity (Wildman–Crippen MR) is 78.0 cm³/mol. The molecule has 0 spiro atoms. The summed E-state index contributed by atoms with van der Waals surface area (Å²) in [4.78, 5) is 9.95. The topological polar surface area (TPSA) is 19.4 Å². The third-order valence-electron chi connectivity index (χ3n) is 4.92. The molecule has 0 amide bonds. The highest BCUT2D eigenvalue weighted by Crippen LogP contribution is 2.31. The molecule has 2 aliphatic heterocycles. The zero-order valence-electron chi connectivity index (χ0n) is 12.1. The maximum absolute atomic E-state index is 4.55. The molecule has 1 aromatic heterocycles. The van der Waals surface area contributed by atoms with Gasteiger partial charge >= 0.3 is 0 Å². The van der Waals surface area contributed by atoms with Crippen molar-refractivity contribution in [3.8, 4) is 0 Å². The van der Waals surface area contributed by atoms with Crippen molar-refractivity contribution in [3.05, 3.63) is 30.1 Å². The quantitative estimate of drug-likeness (QED) is 0.832. The smallest absolute Gasteiger partial charge is 0.0572 e. The lowest BCUT2D eigenvalue weighted by Crippen LogP contribution is -2.56. The molecule has 2 fully saturated rings. The van der Waals surface area contributed by atoms with E-state index in [4.69, 9.17) is 0 Å². The number of piperazine rings is 1. The summed E-state index contributed by atoms with van der Waals surface area (Å²) < 4.78 is 0. The van der Waals surface area contributed by atoms with Gasteiger partial charge in [0.1, 0.15) is 0 Å². The summed E-state index contributed by atoms with van der Waals surface area (Å²) in [5.74, 6) is 0. The summed E-state index contributed by atoms with van der Waals surface area (Å²) in [5, 5.41) is 0. The summed E-state index contributed by atoms with van der Waals surface area (Å²) in [6, 6.07) is 8.18. The largest absolute Gasteiger partial charge is 0.298 e. The Morgan fingerprint density at radius 2 is 2.26 bits per heavy atom. The van der Waals surface area contributed by atoms with Gasteiger partial charge in [0, 0.05) is 37.4 Å². The van der Waals surface area contributed by atoms with Crippen molar-refractivity contribution in [2.24, 2.45) is 0 Å². The number of fused-ring (bicyclic) bond motifs is 1. The lowest BCUT2D eigenvalue weighted by Gasteiger charge is -2.46. The van der Waals surface area contributed by atoms with Crippen LogP contribution >= 0.6 is 0 Å². The van der Waals surface area contributed by atoms with Gasteiger partial charge in [0.15, 0.2) is 0 Å². The van der Waals surface area contributed by atoms with Crippen molar-refractivity contribution in [1.29, 1.82) is 0 Å². The molecule has 3 heteroatoms. The average Bonchev–Trinajstić information content (AvgIpc) is 2.93. The summed E-state index contributed by atoms with van der Waals surface area (Å²) in [6.45, 7) is 8.41. The van der Waals surface area contributed by atoms with Crippen molar-refractivity contribution in [2.45, 2.75) is 51.2 Å². The van der Waals surface area contributed by atoms with E-state index in [1.54, 1.807) is 0 Å². The monoisotopic (exact) mass is 259 g/mol. The van der Waals surface area contributed by atoms with Crippen LogP contribution in [0.3, 0.4) is 0 Å². The minimum Gasteiger partial charge on any atom is -0.298 e. The van der Waals surface area contributed by atoms with Crippen LogP contribution in [0.5, 0.6) is 0 Å². The molecule has 0 N–H and O–H groups in total. The summed E-state index contributed by atoms with van der Waals surface area (Å²) in [5.41, 5.74) is 1.22. The lowest BCUT2D eigenvalue weighted by atomic mass is 10.0. The third-order valence-corrected chi connectivity index (χ3v) is 4.92. The van der Waals surface area contributed by atoms with Gasteiger partial charge in [0.2, 0.25) is 0 Å². The molecule has 0 saturated carbocycles. The van der Waals surface area contributed by atoms with Gasteiger partial charge in [-0.2, -0.15) is 0 Å². The van der Waals surface area contributed by atoms with Gasteiger partial charge in [-0.15, -0.1) is 0 Å².